The largest absolute Gasteiger partial charge is 0.196 e. The zero-order valence-electron chi connectivity index (χ0n) is 10.8. The summed E-state index contributed by atoms with van der Waals surface area (Å²) in [5.74, 6) is 0.0889. The van der Waals surface area contributed by atoms with Crippen molar-refractivity contribution in [2.24, 2.45) is 16.1 Å². The van der Waals surface area contributed by atoms with Crippen molar-refractivity contribution in [3.63, 3.8) is 0 Å². The third kappa shape index (κ3) is 3.03. The molecule has 2 atom stereocenters. The fraction of sp³-hybridized carbons (Fsp3) is 0.833. The molecule has 4 heteroatoms. The highest BCUT2D eigenvalue weighted by atomic mass is 15.2. The third-order valence-corrected chi connectivity index (χ3v) is 3.07. The van der Waals surface area contributed by atoms with Crippen LogP contribution in [0, 0.1) is 28.6 Å². The second-order valence-electron chi connectivity index (χ2n) is 4.48. The van der Waals surface area contributed by atoms with Crippen molar-refractivity contribution in [2.45, 2.75) is 58.5 Å². The molecule has 2 unspecified atom stereocenters. The molecule has 0 aliphatic carbocycles. The molecule has 0 bridgehead atoms. The third-order valence-electron chi connectivity index (χ3n) is 3.07. The Bertz CT molecular complexity index is 334. The Hall–Kier alpha value is -1.42. The molecular formula is C12H20N4. The molecular weight excluding hydrogens is 200 g/mol. The lowest BCUT2D eigenvalue weighted by molar-refractivity contribution is 0.352. The summed E-state index contributed by atoms with van der Waals surface area (Å²) in [6.07, 6.45) is 1.20. The van der Waals surface area contributed by atoms with Crippen LogP contribution >= 0.6 is 0 Å². The SMILES string of the molecule is CCC(C)(C#N)/N=N/C(C#N)(CC)C(C)C. The molecule has 0 aliphatic heterocycles. The molecule has 0 heterocycles. The van der Waals surface area contributed by atoms with Crippen LogP contribution in [0.25, 0.3) is 0 Å². The molecule has 0 aromatic heterocycles. The minimum absolute atomic E-state index is 0.0889. The van der Waals surface area contributed by atoms with Gasteiger partial charge in [-0.1, -0.05) is 27.7 Å². The average Bonchev–Trinajstić information content (AvgIpc) is 2.30. The fourth-order valence-corrected chi connectivity index (χ4v) is 1.20. The van der Waals surface area contributed by atoms with Gasteiger partial charge in [-0.05, 0) is 25.7 Å². The summed E-state index contributed by atoms with van der Waals surface area (Å²) in [7, 11) is 0. The molecule has 0 N–H and O–H groups in total. The average molecular weight is 220 g/mol. The number of nitrogens with zero attached hydrogens (tertiary/aromatic N) is 4. The van der Waals surface area contributed by atoms with Crippen molar-refractivity contribution < 1.29 is 0 Å². The summed E-state index contributed by atoms with van der Waals surface area (Å²) in [6.45, 7) is 9.42. The van der Waals surface area contributed by atoms with E-state index in [1.165, 1.54) is 0 Å². The van der Waals surface area contributed by atoms with Gasteiger partial charge in [0.25, 0.3) is 0 Å². The quantitative estimate of drug-likeness (QED) is 0.665. The number of rotatable bonds is 5. The van der Waals surface area contributed by atoms with Crippen LogP contribution in [0.4, 0.5) is 0 Å². The molecule has 0 saturated heterocycles. The second-order valence-corrected chi connectivity index (χ2v) is 4.48. The van der Waals surface area contributed by atoms with E-state index in [1.807, 2.05) is 27.7 Å². The van der Waals surface area contributed by atoms with Gasteiger partial charge in [-0.15, -0.1) is 0 Å². The highest BCUT2D eigenvalue weighted by molar-refractivity contribution is 5.10. The summed E-state index contributed by atoms with van der Waals surface area (Å²) in [6, 6.07) is 4.33. The van der Waals surface area contributed by atoms with Gasteiger partial charge in [0.2, 0.25) is 0 Å². The van der Waals surface area contributed by atoms with E-state index in [4.69, 9.17) is 5.26 Å². The summed E-state index contributed by atoms with van der Waals surface area (Å²) in [5.41, 5.74) is -1.61. The minimum atomic E-state index is -0.813. The normalized spacial score (nSPS) is 18.8. The molecule has 0 spiro atoms. The predicted octanol–water partition coefficient (Wildman–Crippen LogP) is 3.46. The van der Waals surface area contributed by atoms with E-state index < -0.39 is 11.1 Å². The van der Waals surface area contributed by atoms with E-state index in [1.54, 1.807) is 6.92 Å². The van der Waals surface area contributed by atoms with Crippen LogP contribution in [0.15, 0.2) is 10.2 Å². The van der Waals surface area contributed by atoms with E-state index in [9.17, 15) is 5.26 Å². The minimum Gasteiger partial charge on any atom is -0.196 e. The Morgan fingerprint density at radius 1 is 1.06 bits per heavy atom. The Morgan fingerprint density at radius 2 is 1.62 bits per heavy atom. The maximum atomic E-state index is 9.20. The van der Waals surface area contributed by atoms with Gasteiger partial charge in [0.05, 0.1) is 12.1 Å². The van der Waals surface area contributed by atoms with Crippen LogP contribution in [-0.4, -0.2) is 11.1 Å². The lowest BCUT2D eigenvalue weighted by Gasteiger charge is -2.24. The zero-order chi connectivity index (χ0) is 12.8. The van der Waals surface area contributed by atoms with Crippen LogP contribution in [-0.2, 0) is 0 Å². The summed E-state index contributed by atoms with van der Waals surface area (Å²) in [4.78, 5) is 0. The van der Waals surface area contributed by atoms with E-state index >= 15 is 0 Å². The smallest absolute Gasteiger partial charge is 0.169 e. The predicted molar refractivity (Wildman–Crippen MR) is 62.6 cm³/mol. The highest BCUT2D eigenvalue weighted by Gasteiger charge is 2.33. The first kappa shape index (κ1) is 14.6. The van der Waals surface area contributed by atoms with E-state index in [0.29, 0.717) is 12.8 Å². The Labute approximate surface area is 98.0 Å². The van der Waals surface area contributed by atoms with Gasteiger partial charge < -0.3 is 0 Å². The Balaban J connectivity index is 5.14. The molecule has 16 heavy (non-hydrogen) atoms. The topological polar surface area (TPSA) is 72.3 Å². The number of azo groups is 1. The molecule has 88 valence electrons. The van der Waals surface area contributed by atoms with Crippen molar-refractivity contribution in [3.05, 3.63) is 0 Å². The van der Waals surface area contributed by atoms with E-state index in [2.05, 4.69) is 22.4 Å². The van der Waals surface area contributed by atoms with Gasteiger partial charge in [-0.25, -0.2) is 0 Å². The van der Waals surface area contributed by atoms with Gasteiger partial charge in [0, 0.05) is 0 Å². The maximum Gasteiger partial charge on any atom is 0.169 e. The second kappa shape index (κ2) is 5.61. The molecule has 0 fully saturated rings. The standard InChI is InChI=1S/C12H20N4/c1-6-11(5,8-13)15-16-12(7-2,9-14)10(3)4/h10H,6-7H2,1-5H3/b16-15+. The first-order valence-corrected chi connectivity index (χ1v) is 5.66. The monoisotopic (exact) mass is 220 g/mol. The number of nitriles is 2. The van der Waals surface area contributed by atoms with Crippen molar-refractivity contribution in [1.82, 2.24) is 0 Å². The molecule has 4 nitrogen and oxygen atoms in total. The molecule has 0 radical (unpaired) electrons. The Morgan fingerprint density at radius 3 is 1.88 bits per heavy atom. The first-order chi connectivity index (χ1) is 7.39. The molecule has 0 saturated carbocycles. The van der Waals surface area contributed by atoms with E-state index in [0.717, 1.165) is 0 Å². The van der Waals surface area contributed by atoms with Crippen LogP contribution in [0.5, 0.6) is 0 Å². The fourth-order valence-electron chi connectivity index (χ4n) is 1.20. The molecule has 0 rings (SSSR count). The summed E-state index contributed by atoms with van der Waals surface area (Å²) in [5, 5.41) is 26.4. The molecule has 0 aromatic rings. The van der Waals surface area contributed by atoms with Crippen LogP contribution in [0.2, 0.25) is 0 Å². The van der Waals surface area contributed by atoms with Crippen molar-refractivity contribution >= 4 is 0 Å². The molecule has 0 amide bonds. The molecule has 0 aliphatic rings. The van der Waals surface area contributed by atoms with Crippen molar-refractivity contribution in [2.75, 3.05) is 0 Å². The van der Waals surface area contributed by atoms with Gasteiger partial charge in [0.15, 0.2) is 11.1 Å². The lowest BCUT2D eigenvalue weighted by Crippen LogP contribution is -2.31. The zero-order valence-corrected chi connectivity index (χ0v) is 10.8. The van der Waals surface area contributed by atoms with Gasteiger partial charge >= 0.3 is 0 Å². The van der Waals surface area contributed by atoms with Gasteiger partial charge in [0.1, 0.15) is 0 Å². The summed E-state index contributed by atoms with van der Waals surface area (Å²) < 4.78 is 0. The number of hydrogen-bond donors (Lipinski definition) is 0. The van der Waals surface area contributed by atoms with Crippen LogP contribution in [0.3, 0.4) is 0 Å². The summed E-state index contributed by atoms with van der Waals surface area (Å²) >= 11 is 0. The maximum absolute atomic E-state index is 9.20. The van der Waals surface area contributed by atoms with Gasteiger partial charge in [-0.2, -0.15) is 20.8 Å². The number of hydrogen-bond acceptors (Lipinski definition) is 4. The van der Waals surface area contributed by atoms with Gasteiger partial charge in [-0.3, -0.25) is 0 Å². The van der Waals surface area contributed by atoms with E-state index in [-0.39, 0.29) is 5.92 Å². The molecule has 0 aromatic carbocycles. The Kier molecular flexibility index (Phi) is 5.11. The van der Waals surface area contributed by atoms with Crippen molar-refractivity contribution in [1.29, 1.82) is 10.5 Å². The lowest BCUT2D eigenvalue weighted by atomic mass is 9.86. The van der Waals surface area contributed by atoms with Crippen LogP contribution < -0.4 is 0 Å². The highest BCUT2D eigenvalue weighted by Crippen LogP contribution is 2.27. The van der Waals surface area contributed by atoms with Crippen LogP contribution in [0.1, 0.15) is 47.5 Å². The first-order valence-electron chi connectivity index (χ1n) is 5.66. The van der Waals surface area contributed by atoms with Crippen molar-refractivity contribution in [3.8, 4) is 12.1 Å².